The van der Waals surface area contributed by atoms with Crippen molar-refractivity contribution < 1.29 is 19.1 Å². The fraction of sp³-hybridized carbons (Fsp3) is 0.436. The lowest BCUT2D eigenvalue weighted by molar-refractivity contribution is -0.125. The maximum Gasteiger partial charge on any atom is 0.407 e. The highest BCUT2D eigenvalue weighted by atomic mass is 32.1. The molecule has 12 heteroatoms. The van der Waals surface area contributed by atoms with Crippen LogP contribution in [-0.4, -0.2) is 65.3 Å². The zero-order valence-electron chi connectivity index (χ0n) is 30.2. The number of ether oxygens (including phenoxy) is 2. The molecule has 2 amide bonds. The van der Waals surface area contributed by atoms with Crippen molar-refractivity contribution in [3.8, 4) is 0 Å². The number of carbonyl (C=O) groups excluding carboxylic acids is 2. The van der Waals surface area contributed by atoms with Gasteiger partial charge in [0.15, 0.2) is 0 Å². The Hall–Kier alpha value is -4.26. The highest BCUT2D eigenvalue weighted by Crippen LogP contribution is 2.20. The van der Waals surface area contributed by atoms with Crippen LogP contribution in [0.2, 0.25) is 0 Å². The van der Waals surface area contributed by atoms with Crippen molar-refractivity contribution in [2.24, 2.45) is 0 Å². The number of hydrogen-bond donors (Lipinski definition) is 3. The van der Waals surface area contributed by atoms with E-state index in [0.717, 1.165) is 33.1 Å². The molecule has 2 aromatic carbocycles. The summed E-state index contributed by atoms with van der Waals surface area (Å²) in [5, 5.41) is 12.9. The monoisotopic (exact) mass is 732 g/mol. The van der Waals surface area contributed by atoms with Crippen LogP contribution in [-0.2, 0) is 40.3 Å². The van der Waals surface area contributed by atoms with Gasteiger partial charge in [0.25, 0.3) is 0 Å². The lowest BCUT2D eigenvalue weighted by atomic mass is 9.96. The summed E-state index contributed by atoms with van der Waals surface area (Å²) in [6, 6.07) is 19.1. The van der Waals surface area contributed by atoms with E-state index in [1.54, 1.807) is 23.0 Å². The molecular formula is C39H52N6O4S2. The molecule has 0 spiro atoms. The maximum atomic E-state index is 14.0. The van der Waals surface area contributed by atoms with Gasteiger partial charge in [-0.1, -0.05) is 88.0 Å². The first-order valence-corrected chi connectivity index (χ1v) is 19.3. The van der Waals surface area contributed by atoms with Crippen LogP contribution in [0.4, 0.5) is 4.79 Å². The van der Waals surface area contributed by atoms with Gasteiger partial charge in [-0.2, -0.15) is 0 Å². The summed E-state index contributed by atoms with van der Waals surface area (Å²) in [5.41, 5.74) is 4.89. The molecule has 0 saturated carbocycles. The van der Waals surface area contributed by atoms with E-state index in [0.29, 0.717) is 50.6 Å². The topological polar surface area (TPSA) is 118 Å². The fourth-order valence-corrected chi connectivity index (χ4v) is 6.78. The third kappa shape index (κ3) is 14.1. The number of amides is 2. The van der Waals surface area contributed by atoms with Crippen molar-refractivity contribution in [2.75, 3.05) is 20.3 Å². The summed E-state index contributed by atoms with van der Waals surface area (Å²) in [5.74, 6) is 0.808. The number of benzene rings is 2. The van der Waals surface area contributed by atoms with Gasteiger partial charge in [-0.05, 0) is 43.2 Å². The van der Waals surface area contributed by atoms with Crippen LogP contribution in [0.1, 0.15) is 72.7 Å². The summed E-state index contributed by atoms with van der Waals surface area (Å²) in [7, 11) is 1.94. The van der Waals surface area contributed by atoms with Crippen molar-refractivity contribution in [3.63, 3.8) is 0 Å². The fourth-order valence-electron chi connectivity index (χ4n) is 5.45. The minimum Gasteiger partial charge on any atom is -0.444 e. The molecule has 3 N–H and O–H groups in total. The molecule has 4 rings (SSSR count). The molecule has 0 aliphatic heterocycles. The van der Waals surface area contributed by atoms with Gasteiger partial charge < -0.3 is 30.3 Å². The summed E-state index contributed by atoms with van der Waals surface area (Å²) in [4.78, 5) is 38.6. The molecule has 0 fully saturated rings. The van der Waals surface area contributed by atoms with E-state index in [1.807, 2.05) is 55.3 Å². The number of thiazole rings is 2. The number of carbonyl (C=O) groups is 2. The number of alkyl carbamates (subject to hydrolysis) is 1. The predicted octanol–water partition coefficient (Wildman–Crippen LogP) is 7.06. The zero-order chi connectivity index (χ0) is 36.4. The molecule has 2 heterocycles. The van der Waals surface area contributed by atoms with Gasteiger partial charge in [0, 0.05) is 43.2 Å². The third-order valence-corrected chi connectivity index (χ3v) is 10.2. The standard InChI is InChI=1S/C39H52N6O4S2/c1-6-19-48-25-36(41-29(4)45(5)23-34-26-50-38(43-34)28(2)3)37(46)42-32(20-30-13-9-7-10-14-30)17-18-33(21-31-15-11-8-12-16-31)44-39(47)49-24-35-22-40-27-51-35/h7-16,22,26-28,32-33,36,41H,4,6,17-21,23-25H2,1-3,5H3,(H,42,46)(H,44,47). The molecule has 3 unspecified atom stereocenters. The quantitative estimate of drug-likeness (QED) is 0.0736. The van der Waals surface area contributed by atoms with Crippen molar-refractivity contribution in [2.45, 2.75) is 90.1 Å². The Morgan fingerprint density at radius 2 is 1.57 bits per heavy atom. The largest absolute Gasteiger partial charge is 0.444 e. The van der Waals surface area contributed by atoms with Gasteiger partial charge >= 0.3 is 6.09 Å². The van der Waals surface area contributed by atoms with Gasteiger partial charge in [-0.15, -0.1) is 22.7 Å². The van der Waals surface area contributed by atoms with E-state index in [4.69, 9.17) is 14.5 Å². The average Bonchev–Trinajstić information content (AvgIpc) is 3.83. The van der Waals surface area contributed by atoms with Crippen molar-refractivity contribution in [1.29, 1.82) is 0 Å². The summed E-state index contributed by atoms with van der Waals surface area (Å²) >= 11 is 3.10. The van der Waals surface area contributed by atoms with Crippen LogP contribution < -0.4 is 16.0 Å². The molecule has 10 nitrogen and oxygen atoms in total. The van der Waals surface area contributed by atoms with Crippen LogP contribution >= 0.6 is 22.7 Å². The van der Waals surface area contributed by atoms with E-state index in [9.17, 15) is 9.59 Å². The number of nitrogens with one attached hydrogen (secondary N) is 3. The van der Waals surface area contributed by atoms with Crippen molar-refractivity contribution >= 4 is 34.7 Å². The van der Waals surface area contributed by atoms with Gasteiger partial charge in [0.2, 0.25) is 5.91 Å². The number of rotatable bonds is 22. The van der Waals surface area contributed by atoms with Crippen LogP contribution in [0.25, 0.3) is 0 Å². The molecule has 51 heavy (non-hydrogen) atoms. The lowest BCUT2D eigenvalue weighted by Gasteiger charge is -2.29. The molecule has 274 valence electrons. The van der Waals surface area contributed by atoms with Crippen LogP contribution in [0, 0.1) is 0 Å². The van der Waals surface area contributed by atoms with Crippen molar-refractivity contribution in [1.82, 2.24) is 30.8 Å². The molecule has 0 aliphatic carbocycles. The second-order valence-corrected chi connectivity index (χ2v) is 14.8. The molecule has 0 radical (unpaired) electrons. The number of nitrogens with zero attached hydrogens (tertiary/aromatic N) is 3. The van der Waals surface area contributed by atoms with E-state index in [-0.39, 0.29) is 31.2 Å². The third-order valence-electron chi connectivity index (χ3n) is 8.22. The van der Waals surface area contributed by atoms with E-state index in [1.165, 1.54) is 11.3 Å². The second-order valence-electron chi connectivity index (χ2n) is 13.0. The van der Waals surface area contributed by atoms with Crippen molar-refractivity contribution in [3.05, 3.63) is 117 Å². The van der Waals surface area contributed by atoms with Gasteiger partial charge in [-0.3, -0.25) is 9.78 Å². The van der Waals surface area contributed by atoms with Crippen LogP contribution in [0.3, 0.4) is 0 Å². The van der Waals surface area contributed by atoms with Crippen LogP contribution in [0.5, 0.6) is 0 Å². The van der Waals surface area contributed by atoms with Gasteiger partial charge in [0.1, 0.15) is 12.6 Å². The predicted molar refractivity (Wildman–Crippen MR) is 206 cm³/mol. The van der Waals surface area contributed by atoms with E-state index >= 15 is 0 Å². The maximum absolute atomic E-state index is 14.0. The molecule has 0 bridgehead atoms. The molecule has 2 aromatic heterocycles. The SMILES string of the molecule is C=C(NC(COCCC)C(=O)NC(CCC(Cc1ccccc1)NC(=O)OCc1cncs1)Cc1ccccc1)N(C)Cc1csc(C(C)C)n1. The first kappa shape index (κ1) is 39.5. The zero-order valence-corrected chi connectivity index (χ0v) is 31.8. The Morgan fingerprint density at radius 3 is 2.14 bits per heavy atom. The Balaban J connectivity index is 1.45. The Morgan fingerprint density at radius 1 is 0.922 bits per heavy atom. The summed E-state index contributed by atoms with van der Waals surface area (Å²) in [6.45, 7) is 12.0. The Kier molecular flexibility index (Phi) is 16.4. The normalized spacial score (nSPS) is 12.9. The van der Waals surface area contributed by atoms with E-state index in [2.05, 4.69) is 71.0 Å². The summed E-state index contributed by atoms with van der Waals surface area (Å²) < 4.78 is 11.4. The lowest BCUT2D eigenvalue weighted by Crippen LogP contribution is -2.52. The highest BCUT2D eigenvalue weighted by Gasteiger charge is 2.25. The van der Waals surface area contributed by atoms with E-state index < -0.39 is 12.1 Å². The molecular weight excluding hydrogens is 681 g/mol. The second kappa shape index (κ2) is 21.2. The Labute approximate surface area is 310 Å². The smallest absolute Gasteiger partial charge is 0.407 e. The number of aromatic nitrogens is 2. The molecule has 4 aromatic rings. The summed E-state index contributed by atoms with van der Waals surface area (Å²) in [6.07, 6.45) is 4.56. The minimum absolute atomic E-state index is 0.166. The highest BCUT2D eigenvalue weighted by molar-refractivity contribution is 7.09. The molecule has 0 aliphatic rings. The van der Waals surface area contributed by atoms with Gasteiger partial charge in [-0.25, -0.2) is 9.78 Å². The van der Waals surface area contributed by atoms with Gasteiger partial charge in [0.05, 0.1) is 40.1 Å². The number of hydrogen-bond acceptors (Lipinski definition) is 10. The van der Waals surface area contributed by atoms with Crippen LogP contribution in [0.15, 0.2) is 90.2 Å². The molecule has 3 atom stereocenters. The Bertz CT molecular complexity index is 1600. The minimum atomic E-state index is -0.661. The first-order valence-electron chi connectivity index (χ1n) is 17.6. The molecule has 0 saturated heterocycles. The average molecular weight is 733 g/mol. The first-order chi connectivity index (χ1) is 24.7.